The van der Waals surface area contributed by atoms with Crippen LogP contribution >= 0.6 is 27.7 Å². The number of halogens is 1. The fourth-order valence-corrected chi connectivity index (χ4v) is 5.20. The number of amides is 1. The maximum absolute atomic E-state index is 12.7. The molecule has 146 valence electrons. The molecule has 8 heteroatoms. The Kier molecular flexibility index (Phi) is 8.34. The van der Waals surface area contributed by atoms with E-state index in [0.717, 1.165) is 10.6 Å². The SMILES string of the molecule is CCN(CC)S(=O)(=O)c1ccc(Br)c(C(=O)NCCSc2ccccc2)c1. The Morgan fingerprint density at radius 3 is 2.41 bits per heavy atom. The van der Waals surface area contributed by atoms with Gasteiger partial charge in [0.25, 0.3) is 5.91 Å². The monoisotopic (exact) mass is 470 g/mol. The minimum absolute atomic E-state index is 0.123. The first-order valence-corrected chi connectivity index (χ1v) is 11.9. The van der Waals surface area contributed by atoms with Crippen molar-refractivity contribution in [2.24, 2.45) is 0 Å². The minimum atomic E-state index is -3.61. The van der Waals surface area contributed by atoms with Gasteiger partial charge in [-0.25, -0.2) is 8.42 Å². The highest BCUT2D eigenvalue weighted by Crippen LogP contribution is 2.23. The maximum atomic E-state index is 12.7. The van der Waals surface area contributed by atoms with Crippen LogP contribution in [0, 0.1) is 0 Å². The van der Waals surface area contributed by atoms with Gasteiger partial charge in [-0.2, -0.15) is 4.31 Å². The highest BCUT2D eigenvalue weighted by molar-refractivity contribution is 9.10. The van der Waals surface area contributed by atoms with Crippen LogP contribution in [-0.2, 0) is 10.0 Å². The van der Waals surface area contributed by atoms with E-state index in [0.29, 0.717) is 29.7 Å². The number of rotatable bonds is 9. The molecule has 0 aliphatic rings. The number of nitrogens with zero attached hydrogens (tertiary/aromatic N) is 1. The molecule has 2 aromatic carbocycles. The van der Waals surface area contributed by atoms with Crippen LogP contribution in [0.5, 0.6) is 0 Å². The Labute approximate surface area is 173 Å². The fourth-order valence-electron chi connectivity index (χ4n) is 2.50. The van der Waals surface area contributed by atoms with Crippen LogP contribution in [0.1, 0.15) is 24.2 Å². The first-order valence-electron chi connectivity index (χ1n) is 8.65. The Hall–Kier alpha value is -1.35. The lowest BCUT2D eigenvalue weighted by molar-refractivity contribution is 0.0955. The van der Waals surface area contributed by atoms with Gasteiger partial charge in [0.1, 0.15) is 0 Å². The van der Waals surface area contributed by atoms with Crippen molar-refractivity contribution >= 4 is 43.6 Å². The van der Waals surface area contributed by atoms with Gasteiger partial charge >= 0.3 is 0 Å². The van der Waals surface area contributed by atoms with Crippen LogP contribution in [0.2, 0.25) is 0 Å². The number of thioether (sulfide) groups is 1. The van der Waals surface area contributed by atoms with Crippen LogP contribution in [0.3, 0.4) is 0 Å². The zero-order valence-electron chi connectivity index (χ0n) is 15.3. The van der Waals surface area contributed by atoms with E-state index in [-0.39, 0.29) is 10.8 Å². The molecule has 1 N–H and O–H groups in total. The highest BCUT2D eigenvalue weighted by atomic mass is 79.9. The molecule has 0 spiro atoms. The molecule has 0 unspecified atom stereocenters. The second-order valence-electron chi connectivity index (χ2n) is 5.65. The lowest BCUT2D eigenvalue weighted by Crippen LogP contribution is -2.31. The molecule has 2 rings (SSSR count). The summed E-state index contributed by atoms with van der Waals surface area (Å²) in [6.45, 7) is 4.83. The van der Waals surface area contributed by atoms with Gasteiger partial charge in [0.05, 0.1) is 10.5 Å². The van der Waals surface area contributed by atoms with Crippen molar-refractivity contribution in [1.29, 1.82) is 0 Å². The molecule has 0 saturated carbocycles. The van der Waals surface area contributed by atoms with E-state index in [4.69, 9.17) is 0 Å². The molecule has 1 amide bonds. The summed E-state index contributed by atoms with van der Waals surface area (Å²) in [6.07, 6.45) is 0. The van der Waals surface area contributed by atoms with Crippen molar-refractivity contribution in [2.75, 3.05) is 25.4 Å². The first kappa shape index (κ1) is 21.9. The lowest BCUT2D eigenvalue weighted by atomic mass is 10.2. The smallest absolute Gasteiger partial charge is 0.252 e. The second-order valence-corrected chi connectivity index (χ2v) is 9.61. The minimum Gasteiger partial charge on any atom is -0.351 e. The predicted octanol–water partition coefficient (Wildman–Crippen LogP) is 4.00. The average molecular weight is 471 g/mol. The number of carbonyl (C=O) groups is 1. The summed E-state index contributed by atoms with van der Waals surface area (Å²) in [6, 6.07) is 14.5. The van der Waals surface area contributed by atoms with Crippen LogP contribution in [0.15, 0.2) is 62.8 Å². The van der Waals surface area contributed by atoms with Gasteiger partial charge in [0, 0.05) is 34.8 Å². The van der Waals surface area contributed by atoms with Crippen LogP contribution in [0.4, 0.5) is 0 Å². The Morgan fingerprint density at radius 2 is 1.78 bits per heavy atom. The largest absolute Gasteiger partial charge is 0.351 e. The number of nitrogens with one attached hydrogen (secondary N) is 1. The first-order chi connectivity index (χ1) is 12.9. The van der Waals surface area contributed by atoms with Crippen LogP contribution in [-0.4, -0.2) is 44.0 Å². The van der Waals surface area contributed by atoms with Crippen LogP contribution < -0.4 is 5.32 Å². The second kappa shape index (κ2) is 10.3. The molecule has 27 heavy (non-hydrogen) atoms. The van der Waals surface area contributed by atoms with Crippen molar-refractivity contribution in [2.45, 2.75) is 23.6 Å². The quantitative estimate of drug-likeness (QED) is 0.444. The molecular weight excluding hydrogens is 448 g/mol. The van der Waals surface area contributed by atoms with Gasteiger partial charge in [0.2, 0.25) is 10.0 Å². The summed E-state index contributed by atoms with van der Waals surface area (Å²) >= 11 is 4.99. The van der Waals surface area contributed by atoms with Crippen molar-refractivity contribution in [3.63, 3.8) is 0 Å². The average Bonchev–Trinajstić information content (AvgIpc) is 2.67. The number of hydrogen-bond donors (Lipinski definition) is 1. The van der Waals surface area contributed by atoms with Crippen molar-refractivity contribution < 1.29 is 13.2 Å². The van der Waals surface area contributed by atoms with Gasteiger partial charge in [-0.3, -0.25) is 4.79 Å². The molecule has 0 aliphatic heterocycles. The lowest BCUT2D eigenvalue weighted by Gasteiger charge is -2.19. The summed E-state index contributed by atoms with van der Waals surface area (Å²) in [5.41, 5.74) is 0.313. The van der Waals surface area contributed by atoms with E-state index in [1.165, 1.54) is 16.4 Å². The third kappa shape index (κ3) is 5.81. The summed E-state index contributed by atoms with van der Waals surface area (Å²) in [4.78, 5) is 13.8. The number of sulfonamides is 1. The maximum Gasteiger partial charge on any atom is 0.252 e. The normalized spacial score (nSPS) is 11.6. The van der Waals surface area contributed by atoms with E-state index in [1.807, 2.05) is 30.3 Å². The highest BCUT2D eigenvalue weighted by Gasteiger charge is 2.23. The number of carbonyl (C=O) groups excluding carboxylic acids is 1. The summed E-state index contributed by atoms with van der Waals surface area (Å²) in [5.74, 6) is 0.428. The van der Waals surface area contributed by atoms with E-state index >= 15 is 0 Å². The third-order valence-electron chi connectivity index (χ3n) is 3.93. The topological polar surface area (TPSA) is 66.5 Å². The van der Waals surface area contributed by atoms with E-state index in [9.17, 15) is 13.2 Å². The van der Waals surface area contributed by atoms with Gasteiger partial charge < -0.3 is 5.32 Å². The zero-order chi connectivity index (χ0) is 19.9. The molecule has 2 aromatic rings. The molecule has 0 radical (unpaired) electrons. The van der Waals surface area contributed by atoms with E-state index in [1.54, 1.807) is 31.7 Å². The Bertz CT molecular complexity index is 870. The van der Waals surface area contributed by atoms with Crippen molar-refractivity contribution in [1.82, 2.24) is 9.62 Å². The van der Waals surface area contributed by atoms with E-state index in [2.05, 4.69) is 21.2 Å². The Morgan fingerprint density at radius 1 is 1.11 bits per heavy atom. The molecule has 0 heterocycles. The van der Waals surface area contributed by atoms with Crippen molar-refractivity contribution in [3.8, 4) is 0 Å². The predicted molar refractivity (Wildman–Crippen MR) is 114 cm³/mol. The van der Waals surface area contributed by atoms with Crippen molar-refractivity contribution in [3.05, 3.63) is 58.6 Å². The summed E-state index contributed by atoms with van der Waals surface area (Å²) in [7, 11) is -3.61. The standard InChI is InChI=1S/C19H23BrN2O3S2/c1-3-22(4-2)27(24,25)16-10-11-18(20)17(14-16)19(23)21-12-13-26-15-8-6-5-7-9-15/h5-11,14H,3-4,12-13H2,1-2H3,(H,21,23). The molecule has 0 saturated heterocycles. The van der Waals surface area contributed by atoms with Crippen LogP contribution in [0.25, 0.3) is 0 Å². The Balaban J connectivity index is 2.05. The molecule has 0 atom stereocenters. The molecule has 5 nitrogen and oxygen atoms in total. The molecule has 0 bridgehead atoms. The van der Waals surface area contributed by atoms with Gasteiger partial charge in [0.15, 0.2) is 0 Å². The number of benzene rings is 2. The molecule has 0 aliphatic carbocycles. The molecule has 0 fully saturated rings. The summed E-state index contributed by atoms with van der Waals surface area (Å²) < 4.78 is 27.3. The fraction of sp³-hybridized carbons (Fsp3) is 0.316. The third-order valence-corrected chi connectivity index (χ3v) is 7.68. The van der Waals surface area contributed by atoms with Gasteiger partial charge in [-0.15, -0.1) is 11.8 Å². The van der Waals surface area contributed by atoms with E-state index < -0.39 is 10.0 Å². The molecular formula is C19H23BrN2O3S2. The molecule has 0 aromatic heterocycles. The van der Waals surface area contributed by atoms with Gasteiger partial charge in [-0.1, -0.05) is 32.0 Å². The summed E-state index contributed by atoms with van der Waals surface area (Å²) in [5, 5.41) is 2.85. The van der Waals surface area contributed by atoms with Gasteiger partial charge in [-0.05, 0) is 46.3 Å². The number of hydrogen-bond acceptors (Lipinski definition) is 4. The zero-order valence-corrected chi connectivity index (χ0v) is 18.5.